The van der Waals surface area contributed by atoms with Gasteiger partial charge in [0.25, 0.3) is 0 Å². The number of methoxy groups -OCH3 is 1. The van der Waals surface area contributed by atoms with E-state index in [0.29, 0.717) is 30.9 Å². The standard InChI is InChI=1S/C12H17NO3/c1-9-5-6-10(13)11(8-9)16-7-3-4-12(14)15-2/h5-6,8H,3-4,7,13H2,1-2H3. The predicted octanol–water partition coefficient (Wildman–Crippen LogP) is 1.91. The van der Waals surface area contributed by atoms with Gasteiger partial charge < -0.3 is 15.2 Å². The number of ether oxygens (including phenoxy) is 2. The van der Waals surface area contributed by atoms with Crippen LogP contribution in [-0.2, 0) is 9.53 Å². The van der Waals surface area contributed by atoms with Crippen LogP contribution in [0.15, 0.2) is 18.2 Å². The molecule has 0 fully saturated rings. The second kappa shape index (κ2) is 6.00. The lowest BCUT2D eigenvalue weighted by atomic mass is 10.2. The number of carbonyl (C=O) groups excluding carboxylic acids is 1. The first-order chi connectivity index (χ1) is 7.63. The highest BCUT2D eigenvalue weighted by molar-refractivity contribution is 5.69. The first-order valence-corrected chi connectivity index (χ1v) is 5.19. The van der Waals surface area contributed by atoms with Gasteiger partial charge in [0.15, 0.2) is 0 Å². The van der Waals surface area contributed by atoms with Crippen LogP contribution in [0.3, 0.4) is 0 Å². The highest BCUT2D eigenvalue weighted by Gasteiger charge is 2.02. The van der Waals surface area contributed by atoms with Crippen molar-refractivity contribution in [3.05, 3.63) is 23.8 Å². The maximum Gasteiger partial charge on any atom is 0.305 e. The number of esters is 1. The molecule has 0 aliphatic heterocycles. The quantitative estimate of drug-likeness (QED) is 0.470. The topological polar surface area (TPSA) is 61.5 Å². The number of anilines is 1. The summed E-state index contributed by atoms with van der Waals surface area (Å²) in [5.74, 6) is 0.450. The molecule has 0 atom stereocenters. The molecule has 0 aliphatic rings. The number of carbonyl (C=O) groups is 1. The van der Waals surface area contributed by atoms with Gasteiger partial charge in [-0.2, -0.15) is 0 Å². The molecule has 16 heavy (non-hydrogen) atoms. The predicted molar refractivity (Wildman–Crippen MR) is 62.3 cm³/mol. The summed E-state index contributed by atoms with van der Waals surface area (Å²) < 4.78 is 10.0. The van der Waals surface area contributed by atoms with Crippen LogP contribution in [0.1, 0.15) is 18.4 Å². The van der Waals surface area contributed by atoms with Gasteiger partial charge in [0.2, 0.25) is 0 Å². The number of rotatable bonds is 5. The molecule has 4 nitrogen and oxygen atoms in total. The summed E-state index contributed by atoms with van der Waals surface area (Å²) in [6.07, 6.45) is 0.988. The van der Waals surface area contributed by atoms with Crippen LogP contribution in [0.4, 0.5) is 5.69 Å². The summed E-state index contributed by atoms with van der Waals surface area (Å²) in [7, 11) is 1.38. The summed E-state index contributed by atoms with van der Waals surface area (Å²) in [6.45, 7) is 2.43. The van der Waals surface area contributed by atoms with Crippen LogP contribution in [0, 0.1) is 6.92 Å². The van der Waals surface area contributed by atoms with Gasteiger partial charge in [-0.3, -0.25) is 4.79 Å². The fourth-order valence-corrected chi connectivity index (χ4v) is 1.27. The molecule has 1 aromatic rings. The molecule has 0 saturated heterocycles. The zero-order valence-corrected chi connectivity index (χ0v) is 9.66. The number of hydrogen-bond donors (Lipinski definition) is 1. The van der Waals surface area contributed by atoms with Gasteiger partial charge >= 0.3 is 5.97 Å². The molecule has 0 saturated carbocycles. The van der Waals surface area contributed by atoms with Crippen molar-refractivity contribution in [2.24, 2.45) is 0 Å². The van der Waals surface area contributed by atoms with Crippen LogP contribution >= 0.6 is 0 Å². The number of nitrogens with two attached hydrogens (primary N) is 1. The Bertz CT molecular complexity index is 363. The molecule has 0 heterocycles. The fourth-order valence-electron chi connectivity index (χ4n) is 1.27. The van der Waals surface area contributed by atoms with E-state index in [0.717, 1.165) is 5.56 Å². The minimum Gasteiger partial charge on any atom is -0.491 e. The number of hydrogen-bond acceptors (Lipinski definition) is 4. The monoisotopic (exact) mass is 223 g/mol. The molecule has 0 spiro atoms. The molecule has 88 valence electrons. The SMILES string of the molecule is COC(=O)CCCOc1cc(C)ccc1N. The van der Waals surface area contributed by atoms with Crippen LogP contribution < -0.4 is 10.5 Å². The molecular formula is C12H17NO3. The molecule has 0 aromatic heterocycles. The van der Waals surface area contributed by atoms with Gasteiger partial charge in [0.1, 0.15) is 5.75 Å². The highest BCUT2D eigenvalue weighted by atomic mass is 16.5. The van der Waals surface area contributed by atoms with E-state index in [9.17, 15) is 4.79 Å². The molecule has 0 unspecified atom stereocenters. The van der Waals surface area contributed by atoms with E-state index in [1.165, 1.54) is 7.11 Å². The smallest absolute Gasteiger partial charge is 0.305 e. The Morgan fingerprint density at radius 1 is 1.44 bits per heavy atom. The van der Waals surface area contributed by atoms with E-state index in [2.05, 4.69) is 4.74 Å². The van der Waals surface area contributed by atoms with Crippen molar-refractivity contribution in [3.8, 4) is 5.75 Å². The molecule has 0 amide bonds. The van der Waals surface area contributed by atoms with E-state index in [-0.39, 0.29) is 5.97 Å². The third-order valence-corrected chi connectivity index (χ3v) is 2.18. The van der Waals surface area contributed by atoms with Crippen molar-refractivity contribution >= 4 is 11.7 Å². The van der Waals surface area contributed by atoms with Crippen molar-refractivity contribution in [2.75, 3.05) is 19.5 Å². The Labute approximate surface area is 95.3 Å². The third kappa shape index (κ3) is 3.81. The number of benzene rings is 1. The van der Waals surface area contributed by atoms with Gasteiger partial charge in [-0.15, -0.1) is 0 Å². The normalized spacial score (nSPS) is 9.88. The van der Waals surface area contributed by atoms with E-state index in [1.807, 2.05) is 25.1 Å². The summed E-state index contributed by atoms with van der Waals surface area (Å²) in [5, 5.41) is 0. The maximum absolute atomic E-state index is 10.8. The molecule has 0 radical (unpaired) electrons. The molecule has 1 rings (SSSR count). The summed E-state index contributed by atoms with van der Waals surface area (Å²) in [6, 6.07) is 5.62. The summed E-state index contributed by atoms with van der Waals surface area (Å²) >= 11 is 0. The second-order valence-electron chi connectivity index (χ2n) is 3.57. The Morgan fingerprint density at radius 2 is 2.19 bits per heavy atom. The van der Waals surface area contributed by atoms with Crippen molar-refractivity contribution in [1.29, 1.82) is 0 Å². The summed E-state index contributed by atoms with van der Waals surface area (Å²) in [5.41, 5.74) is 7.45. The molecule has 2 N–H and O–H groups in total. The van der Waals surface area contributed by atoms with Crippen LogP contribution in [0.25, 0.3) is 0 Å². The largest absolute Gasteiger partial charge is 0.491 e. The van der Waals surface area contributed by atoms with Crippen LogP contribution in [-0.4, -0.2) is 19.7 Å². The zero-order chi connectivity index (χ0) is 12.0. The minimum atomic E-state index is -0.221. The third-order valence-electron chi connectivity index (χ3n) is 2.18. The lowest BCUT2D eigenvalue weighted by Gasteiger charge is -2.09. The van der Waals surface area contributed by atoms with Crippen molar-refractivity contribution in [1.82, 2.24) is 0 Å². The Balaban J connectivity index is 2.37. The van der Waals surface area contributed by atoms with E-state index < -0.39 is 0 Å². The molecule has 0 bridgehead atoms. The summed E-state index contributed by atoms with van der Waals surface area (Å²) in [4.78, 5) is 10.8. The van der Waals surface area contributed by atoms with Crippen molar-refractivity contribution < 1.29 is 14.3 Å². The lowest BCUT2D eigenvalue weighted by molar-refractivity contribution is -0.140. The first kappa shape index (κ1) is 12.4. The van der Waals surface area contributed by atoms with E-state index in [1.54, 1.807) is 0 Å². The first-order valence-electron chi connectivity index (χ1n) is 5.19. The Kier molecular flexibility index (Phi) is 4.64. The Hall–Kier alpha value is -1.71. The molecule has 4 heteroatoms. The zero-order valence-electron chi connectivity index (χ0n) is 9.66. The lowest BCUT2D eigenvalue weighted by Crippen LogP contribution is -2.05. The number of nitrogen functional groups attached to an aromatic ring is 1. The second-order valence-corrected chi connectivity index (χ2v) is 3.57. The molecule has 0 aliphatic carbocycles. The van der Waals surface area contributed by atoms with Crippen molar-refractivity contribution in [2.45, 2.75) is 19.8 Å². The van der Waals surface area contributed by atoms with Crippen LogP contribution in [0.2, 0.25) is 0 Å². The maximum atomic E-state index is 10.8. The highest BCUT2D eigenvalue weighted by Crippen LogP contribution is 2.22. The van der Waals surface area contributed by atoms with E-state index >= 15 is 0 Å². The van der Waals surface area contributed by atoms with Crippen molar-refractivity contribution in [3.63, 3.8) is 0 Å². The van der Waals surface area contributed by atoms with Gasteiger partial charge in [0.05, 0.1) is 19.4 Å². The molecular weight excluding hydrogens is 206 g/mol. The van der Waals surface area contributed by atoms with Crippen LogP contribution in [0.5, 0.6) is 5.75 Å². The average Bonchev–Trinajstić information content (AvgIpc) is 2.28. The fraction of sp³-hybridized carbons (Fsp3) is 0.417. The average molecular weight is 223 g/mol. The number of aryl methyl sites for hydroxylation is 1. The Morgan fingerprint density at radius 3 is 2.88 bits per heavy atom. The van der Waals surface area contributed by atoms with Gasteiger partial charge in [-0.25, -0.2) is 0 Å². The van der Waals surface area contributed by atoms with Gasteiger partial charge in [-0.1, -0.05) is 6.07 Å². The molecule has 1 aromatic carbocycles. The van der Waals surface area contributed by atoms with Gasteiger partial charge in [-0.05, 0) is 31.0 Å². The van der Waals surface area contributed by atoms with E-state index in [4.69, 9.17) is 10.5 Å². The minimum absolute atomic E-state index is 0.221. The van der Waals surface area contributed by atoms with Gasteiger partial charge in [0, 0.05) is 6.42 Å².